The van der Waals surface area contributed by atoms with Crippen molar-refractivity contribution in [2.45, 2.75) is 99.3 Å². The van der Waals surface area contributed by atoms with E-state index < -0.39 is 0 Å². The minimum Gasteiger partial charge on any atom is -0.508 e. The quantitative estimate of drug-likeness (QED) is 0.470. The van der Waals surface area contributed by atoms with Crippen molar-refractivity contribution in [2.24, 2.45) is 10.8 Å². The molecule has 0 atom stereocenters. The minimum absolute atomic E-state index is 0.428. The number of hydrogen-bond donors (Lipinski definition) is 1. The number of benzene rings is 1. The van der Waals surface area contributed by atoms with Crippen LogP contribution in [0.1, 0.15) is 97.6 Å². The zero-order valence-electron chi connectivity index (χ0n) is 17.0. The SMILES string of the molecule is CC(C)(C)CCCCCc1cc(O)cc(CCCCC(C)(C)C)c1. The van der Waals surface area contributed by atoms with E-state index in [9.17, 15) is 5.11 Å². The molecule has 1 rings (SSSR count). The molecular formula is C23H40O. The Morgan fingerprint density at radius 1 is 0.625 bits per heavy atom. The van der Waals surface area contributed by atoms with Crippen LogP contribution in [0.5, 0.6) is 5.75 Å². The fourth-order valence-electron chi connectivity index (χ4n) is 3.18. The third-order valence-electron chi connectivity index (χ3n) is 4.57. The van der Waals surface area contributed by atoms with E-state index in [-0.39, 0.29) is 0 Å². The van der Waals surface area contributed by atoms with Gasteiger partial charge in [0.25, 0.3) is 0 Å². The summed E-state index contributed by atoms with van der Waals surface area (Å²) < 4.78 is 0. The number of unbranched alkanes of at least 4 members (excludes halogenated alkanes) is 3. The van der Waals surface area contributed by atoms with Crippen LogP contribution >= 0.6 is 0 Å². The van der Waals surface area contributed by atoms with Gasteiger partial charge in [-0.2, -0.15) is 0 Å². The Balaban J connectivity index is 2.37. The van der Waals surface area contributed by atoms with E-state index >= 15 is 0 Å². The van der Waals surface area contributed by atoms with Gasteiger partial charge in [-0.1, -0.05) is 66.9 Å². The van der Waals surface area contributed by atoms with Crippen LogP contribution in [0.15, 0.2) is 18.2 Å². The van der Waals surface area contributed by atoms with Gasteiger partial charge in [0.1, 0.15) is 5.75 Å². The highest BCUT2D eigenvalue weighted by Gasteiger charge is 2.10. The highest BCUT2D eigenvalue weighted by atomic mass is 16.3. The van der Waals surface area contributed by atoms with Gasteiger partial charge in [0.15, 0.2) is 0 Å². The summed E-state index contributed by atoms with van der Waals surface area (Å²) in [6, 6.07) is 6.20. The average molecular weight is 333 g/mol. The second-order valence-corrected chi connectivity index (χ2v) is 9.90. The maximum atomic E-state index is 9.99. The van der Waals surface area contributed by atoms with Gasteiger partial charge in [-0.25, -0.2) is 0 Å². The van der Waals surface area contributed by atoms with Crippen molar-refractivity contribution in [2.75, 3.05) is 0 Å². The monoisotopic (exact) mass is 332 g/mol. The highest BCUT2D eigenvalue weighted by Crippen LogP contribution is 2.25. The predicted octanol–water partition coefficient (Wildman–Crippen LogP) is 7.30. The first-order valence-corrected chi connectivity index (χ1v) is 9.87. The summed E-state index contributed by atoms with van der Waals surface area (Å²) >= 11 is 0. The van der Waals surface area contributed by atoms with Crippen LogP contribution in [0, 0.1) is 10.8 Å². The Labute approximate surface area is 150 Å². The number of hydrogen-bond acceptors (Lipinski definition) is 1. The molecule has 138 valence electrons. The Morgan fingerprint density at radius 2 is 1.04 bits per heavy atom. The summed E-state index contributed by atoms with van der Waals surface area (Å²) in [4.78, 5) is 0. The van der Waals surface area contributed by atoms with E-state index in [0.717, 1.165) is 12.8 Å². The van der Waals surface area contributed by atoms with Gasteiger partial charge in [0, 0.05) is 0 Å². The lowest BCUT2D eigenvalue weighted by atomic mass is 9.88. The standard InChI is InChI=1S/C23H40O/c1-22(2,3)14-10-7-8-12-19-16-20(18-21(24)17-19)13-9-11-15-23(4,5)6/h16-18,24H,7-15H2,1-6H3. The molecule has 0 aliphatic carbocycles. The van der Waals surface area contributed by atoms with Crippen LogP contribution in [-0.2, 0) is 12.8 Å². The van der Waals surface area contributed by atoms with Crippen LogP contribution in [0.2, 0.25) is 0 Å². The molecule has 0 aliphatic rings. The van der Waals surface area contributed by atoms with E-state index in [2.05, 4.69) is 47.6 Å². The first-order chi connectivity index (χ1) is 11.1. The summed E-state index contributed by atoms with van der Waals surface area (Å²) in [5.41, 5.74) is 3.48. The van der Waals surface area contributed by atoms with E-state index in [0.29, 0.717) is 16.6 Å². The Bertz CT molecular complexity index is 474. The second-order valence-electron chi connectivity index (χ2n) is 9.90. The van der Waals surface area contributed by atoms with Gasteiger partial charge >= 0.3 is 0 Å². The second kappa shape index (κ2) is 9.49. The molecule has 1 aromatic carbocycles. The van der Waals surface area contributed by atoms with Gasteiger partial charge < -0.3 is 5.11 Å². The number of phenols is 1. The van der Waals surface area contributed by atoms with Crippen LogP contribution in [0.25, 0.3) is 0 Å². The van der Waals surface area contributed by atoms with Gasteiger partial charge in [-0.15, -0.1) is 0 Å². The van der Waals surface area contributed by atoms with Crippen LogP contribution < -0.4 is 0 Å². The van der Waals surface area contributed by atoms with Crippen LogP contribution in [0.4, 0.5) is 0 Å². The third-order valence-corrected chi connectivity index (χ3v) is 4.57. The van der Waals surface area contributed by atoms with E-state index in [1.807, 2.05) is 12.1 Å². The molecule has 0 heterocycles. The maximum Gasteiger partial charge on any atom is 0.116 e. The Morgan fingerprint density at radius 3 is 1.50 bits per heavy atom. The zero-order valence-corrected chi connectivity index (χ0v) is 17.0. The largest absolute Gasteiger partial charge is 0.508 e. The van der Waals surface area contributed by atoms with Crippen molar-refractivity contribution >= 4 is 0 Å². The smallest absolute Gasteiger partial charge is 0.116 e. The number of rotatable bonds is 9. The molecule has 0 saturated carbocycles. The van der Waals surface area contributed by atoms with Crippen molar-refractivity contribution in [3.63, 3.8) is 0 Å². The predicted molar refractivity (Wildman–Crippen MR) is 107 cm³/mol. The highest BCUT2D eigenvalue weighted by molar-refractivity contribution is 5.33. The zero-order chi connectivity index (χ0) is 18.2. The fourth-order valence-corrected chi connectivity index (χ4v) is 3.18. The van der Waals surface area contributed by atoms with Crippen molar-refractivity contribution < 1.29 is 5.11 Å². The van der Waals surface area contributed by atoms with Crippen molar-refractivity contribution in [1.29, 1.82) is 0 Å². The van der Waals surface area contributed by atoms with E-state index in [1.165, 1.54) is 56.1 Å². The van der Waals surface area contributed by atoms with Crippen molar-refractivity contribution in [3.05, 3.63) is 29.3 Å². The van der Waals surface area contributed by atoms with Gasteiger partial charge in [-0.3, -0.25) is 0 Å². The lowest BCUT2D eigenvalue weighted by Gasteiger charge is -2.17. The fraction of sp³-hybridized carbons (Fsp3) is 0.739. The molecule has 0 saturated heterocycles. The molecule has 0 amide bonds. The molecule has 1 nitrogen and oxygen atoms in total. The summed E-state index contributed by atoms with van der Waals surface area (Å²) in [5.74, 6) is 0.438. The first-order valence-electron chi connectivity index (χ1n) is 9.87. The average Bonchev–Trinajstić information content (AvgIpc) is 2.40. The van der Waals surface area contributed by atoms with Crippen molar-refractivity contribution in [1.82, 2.24) is 0 Å². The lowest BCUT2D eigenvalue weighted by molar-refractivity contribution is 0.358. The number of aromatic hydroxyl groups is 1. The van der Waals surface area contributed by atoms with Gasteiger partial charge in [-0.05, 0) is 72.6 Å². The molecule has 0 bridgehead atoms. The maximum absolute atomic E-state index is 9.99. The molecule has 0 spiro atoms. The normalized spacial score (nSPS) is 12.6. The minimum atomic E-state index is 0.428. The Hall–Kier alpha value is -0.980. The summed E-state index contributed by atoms with van der Waals surface area (Å²) in [5, 5.41) is 9.99. The van der Waals surface area contributed by atoms with E-state index in [1.54, 1.807) is 0 Å². The van der Waals surface area contributed by atoms with Crippen molar-refractivity contribution in [3.8, 4) is 5.75 Å². The van der Waals surface area contributed by atoms with Gasteiger partial charge in [0.2, 0.25) is 0 Å². The molecule has 0 fully saturated rings. The van der Waals surface area contributed by atoms with Crippen LogP contribution in [-0.4, -0.2) is 5.11 Å². The summed E-state index contributed by atoms with van der Waals surface area (Å²) in [6.45, 7) is 13.9. The topological polar surface area (TPSA) is 20.2 Å². The summed E-state index contributed by atoms with van der Waals surface area (Å²) in [7, 11) is 0. The molecular weight excluding hydrogens is 292 g/mol. The molecule has 24 heavy (non-hydrogen) atoms. The molecule has 0 unspecified atom stereocenters. The summed E-state index contributed by atoms with van der Waals surface area (Å²) in [6.07, 6.45) is 11.0. The number of phenolic OH excluding ortho intramolecular Hbond substituents is 1. The Kier molecular flexibility index (Phi) is 8.33. The molecule has 1 N–H and O–H groups in total. The molecule has 0 aromatic heterocycles. The van der Waals surface area contributed by atoms with Gasteiger partial charge in [0.05, 0.1) is 0 Å². The molecule has 1 aromatic rings. The molecule has 0 radical (unpaired) electrons. The van der Waals surface area contributed by atoms with E-state index in [4.69, 9.17) is 0 Å². The third kappa shape index (κ3) is 10.7. The van der Waals surface area contributed by atoms with Crippen LogP contribution in [0.3, 0.4) is 0 Å². The lowest BCUT2D eigenvalue weighted by Crippen LogP contribution is -2.04. The first kappa shape index (κ1) is 21.1. The molecule has 1 heteroatoms. The molecule has 0 aliphatic heterocycles. The number of aryl methyl sites for hydroxylation is 2.